The molecule has 0 amide bonds. The quantitative estimate of drug-likeness (QED) is 0.820. The Kier molecular flexibility index (Phi) is 4.42. The number of hydrogen-bond donors (Lipinski definition) is 1. The van der Waals surface area contributed by atoms with Gasteiger partial charge in [0, 0.05) is 16.3 Å². The second-order valence-electron chi connectivity index (χ2n) is 5.14. The van der Waals surface area contributed by atoms with Crippen LogP contribution in [0.1, 0.15) is 42.9 Å². The standard InChI is InChI=1S/C14H23NS/c1-3-13-6-7-14(16-13)10-15-9-12-5-4-11(2)8-12/h6-7,11-12,15H,3-5,8-10H2,1-2H3. The average molecular weight is 237 g/mol. The highest BCUT2D eigenvalue weighted by Crippen LogP contribution is 2.29. The molecule has 2 atom stereocenters. The van der Waals surface area contributed by atoms with Gasteiger partial charge in [0.05, 0.1) is 0 Å². The van der Waals surface area contributed by atoms with Crippen LogP contribution >= 0.6 is 11.3 Å². The topological polar surface area (TPSA) is 12.0 Å². The lowest BCUT2D eigenvalue weighted by Crippen LogP contribution is -2.20. The van der Waals surface area contributed by atoms with Crippen LogP contribution in [0.25, 0.3) is 0 Å². The molecule has 1 aliphatic rings. The first-order valence-electron chi connectivity index (χ1n) is 6.56. The van der Waals surface area contributed by atoms with Gasteiger partial charge in [-0.25, -0.2) is 0 Å². The highest BCUT2D eigenvalue weighted by Gasteiger charge is 2.20. The van der Waals surface area contributed by atoms with E-state index in [-0.39, 0.29) is 0 Å². The number of hydrogen-bond acceptors (Lipinski definition) is 2. The zero-order valence-corrected chi connectivity index (χ0v) is 11.3. The van der Waals surface area contributed by atoms with Gasteiger partial charge in [-0.3, -0.25) is 0 Å². The van der Waals surface area contributed by atoms with Crippen LogP contribution in [0.2, 0.25) is 0 Å². The predicted octanol–water partition coefficient (Wildman–Crippen LogP) is 3.84. The third kappa shape index (κ3) is 3.33. The molecule has 2 unspecified atom stereocenters. The van der Waals surface area contributed by atoms with Crippen LogP contribution in [0.5, 0.6) is 0 Å². The Morgan fingerprint density at radius 2 is 2.12 bits per heavy atom. The predicted molar refractivity (Wildman–Crippen MR) is 71.9 cm³/mol. The van der Waals surface area contributed by atoms with E-state index < -0.39 is 0 Å². The maximum absolute atomic E-state index is 3.61. The zero-order chi connectivity index (χ0) is 11.4. The first-order chi connectivity index (χ1) is 7.78. The van der Waals surface area contributed by atoms with Gasteiger partial charge in [0.1, 0.15) is 0 Å². The lowest BCUT2D eigenvalue weighted by Gasteiger charge is -2.10. The normalized spacial score (nSPS) is 25.1. The summed E-state index contributed by atoms with van der Waals surface area (Å²) in [5, 5.41) is 3.61. The lowest BCUT2D eigenvalue weighted by atomic mass is 10.1. The van der Waals surface area contributed by atoms with Crippen molar-refractivity contribution >= 4 is 11.3 Å². The monoisotopic (exact) mass is 237 g/mol. The van der Waals surface area contributed by atoms with Crippen LogP contribution < -0.4 is 5.32 Å². The van der Waals surface area contributed by atoms with Gasteiger partial charge in [-0.05, 0) is 49.8 Å². The van der Waals surface area contributed by atoms with Crippen molar-refractivity contribution in [2.75, 3.05) is 6.54 Å². The van der Waals surface area contributed by atoms with Crippen LogP contribution in [0.3, 0.4) is 0 Å². The summed E-state index contributed by atoms with van der Waals surface area (Å²) in [4.78, 5) is 2.99. The summed E-state index contributed by atoms with van der Waals surface area (Å²) < 4.78 is 0. The number of thiophene rings is 1. The molecular formula is C14H23NS. The number of rotatable bonds is 5. The van der Waals surface area contributed by atoms with Crippen LogP contribution in [-0.2, 0) is 13.0 Å². The molecule has 1 heterocycles. The van der Waals surface area contributed by atoms with Gasteiger partial charge < -0.3 is 5.32 Å². The van der Waals surface area contributed by atoms with Gasteiger partial charge in [-0.1, -0.05) is 20.3 Å². The third-order valence-electron chi connectivity index (χ3n) is 3.60. The summed E-state index contributed by atoms with van der Waals surface area (Å²) in [6, 6.07) is 4.53. The minimum atomic E-state index is 0.931. The fraction of sp³-hybridized carbons (Fsp3) is 0.714. The molecule has 0 bridgehead atoms. The average Bonchev–Trinajstić information content (AvgIpc) is 2.88. The molecule has 1 aliphatic carbocycles. The van der Waals surface area contributed by atoms with Gasteiger partial charge in [-0.2, -0.15) is 0 Å². The Labute approximate surface area is 103 Å². The Morgan fingerprint density at radius 1 is 1.31 bits per heavy atom. The van der Waals surface area contributed by atoms with E-state index >= 15 is 0 Å². The Morgan fingerprint density at radius 3 is 2.75 bits per heavy atom. The highest BCUT2D eigenvalue weighted by atomic mass is 32.1. The molecule has 1 aromatic heterocycles. The van der Waals surface area contributed by atoms with Gasteiger partial charge in [0.15, 0.2) is 0 Å². The molecule has 1 fully saturated rings. The minimum Gasteiger partial charge on any atom is -0.312 e. The van der Waals surface area contributed by atoms with Gasteiger partial charge in [-0.15, -0.1) is 11.3 Å². The molecule has 0 aromatic carbocycles. The molecule has 2 heteroatoms. The molecule has 1 saturated carbocycles. The number of nitrogens with one attached hydrogen (secondary N) is 1. The van der Waals surface area contributed by atoms with Crippen molar-refractivity contribution in [3.05, 3.63) is 21.9 Å². The fourth-order valence-electron chi connectivity index (χ4n) is 2.62. The summed E-state index contributed by atoms with van der Waals surface area (Å²) in [6.07, 6.45) is 5.46. The summed E-state index contributed by atoms with van der Waals surface area (Å²) in [6.45, 7) is 6.88. The molecular weight excluding hydrogens is 214 g/mol. The van der Waals surface area contributed by atoms with Gasteiger partial charge >= 0.3 is 0 Å². The van der Waals surface area contributed by atoms with Crippen LogP contribution in [-0.4, -0.2) is 6.54 Å². The minimum absolute atomic E-state index is 0.931. The maximum Gasteiger partial charge on any atom is 0.0299 e. The molecule has 1 nitrogen and oxygen atoms in total. The highest BCUT2D eigenvalue weighted by molar-refractivity contribution is 7.11. The SMILES string of the molecule is CCc1ccc(CNCC2CCC(C)C2)s1. The third-order valence-corrected chi connectivity index (χ3v) is 4.83. The van der Waals surface area contributed by atoms with Crippen LogP contribution in [0, 0.1) is 11.8 Å². The van der Waals surface area contributed by atoms with Crippen LogP contribution in [0.15, 0.2) is 12.1 Å². The maximum atomic E-state index is 3.61. The van der Waals surface area contributed by atoms with Gasteiger partial charge in [0.2, 0.25) is 0 Å². The largest absolute Gasteiger partial charge is 0.312 e. The van der Waals surface area contributed by atoms with E-state index in [4.69, 9.17) is 0 Å². The Hall–Kier alpha value is -0.340. The van der Waals surface area contributed by atoms with E-state index in [1.165, 1.54) is 42.0 Å². The van der Waals surface area contributed by atoms with E-state index in [1.807, 2.05) is 11.3 Å². The fourth-order valence-corrected chi connectivity index (χ4v) is 3.54. The zero-order valence-electron chi connectivity index (χ0n) is 10.5. The van der Waals surface area contributed by atoms with Gasteiger partial charge in [0.25, 0.3) is 0 Å². The van der Waals surface area contributed by atoms with E-state index in [9.17, 15) is 0 Å². The van der Waals surface area contributed by atoms with Crippen molar-refractivity contribution in [1.82, 2.24) is 5.32 Å². The molecule has 0 radical (unpaired) electrons. The van der Waals surface area contributed by atoms with Crippen molar-refractivity contribution in [2.45, 2.75) is 46.1 Å². The molecule has 2 rings (SSSR count). The molecule has 1 aromatic rings. The van der Waals surface area contributed by atoms with Crippen molar-refractivity contribution in [3.8, 4) is 0 Å². The van der Waals surface area contributed by atoms with Crippen molar-refractivity contribution in [1.29, 1.82) is 0 Å². The summed E-state index contributed by atoms with van der Waals surface area (Å²) >= 11 is 1.95. The van der Waals surface area contributed by atoms with Crippen molar-refractivity contribution in [2.24, 2.45) is 11.8 Å². The van der Waals surface area contributed by atoms with Crippen molar-refractivity contribution < 1.29 is 0 Å². The Balaban J connectivity index is 1.67. The molecule has 90 valence electrons. The molecule has 0 aliphatic heterocycles. The van der Waals surface area contributed by atoms with Crippen molar-refractivity contribution in [3.63, 3.8) is 0 Å². The second-order valence-corrected chi connectivity index (χ2v) is 6.39. The summed E-state index contributed by atoms with van der Waals surface area (Å²) in [7, 11) is 0. The van der Waals surface area contributed by atoms with E-state index in [1.54, 1.807) is 0 Å². The Bertz CT molecular complexity index is 318. The first kappa shape index (κ1) is 12.1. The first-order valence-corrected chi connectivity index (χ1v) is 7.38. The van der Waals surface area contributed by atoms with E-state index in [0.29, 0.717) is 0 Å². The molecule has 0 spiro atoms. The summed E-state index contributed by atoms with van der Waals surface area (Å²) in [5.74, 6) is 1.89. The smallest absolute Gasteiger partial charge is 0.0299 e. The molecule has 0 saturated heterocycles. The van der Waals surface area contributed by atoms with E-state index in [0.717, 1.165) is 18.4 Å². The summed E-state index contributed by atoms with van der Waals surface area (Å²) in [5.41, 5.74) is 0. The molecule has 1 N–H and O–H groups in total. The second kappa shape index (κ2) is 5.83. The molecule has 16 heavy (non-hydrogen) atoms. The lowest BCUT2D eigenvalue weighted by molar-refractivity contribution is 0.472. The number of aryl methyl sites for hydroxylation is 1. The van der Waals surface area contributed by atoms with E-state index in [2.05, 4.69) is 31.3 Å². The van der Waals surface area contributed by atoms with Crippen LogP contribution in [0.4, 0.5) is 0 Å².